The Hall–Kier alpha value is -2.94. The van der Waals surface area contributed by atoms with Gasteiger partial charge in [0.2, 0.25) is 0 Å². The summed E-state index contributed by atoms with van der Waals surface area (Å²) in [4.78, 5) is 51.7. The molecule has 1 N–H and O–H groups in total. The van der Waals surface area contributed by atoms with Crippen molar-refractivity contribution in [3.05, 3.63) is 29.8 Å². The molecule has 2 amide bonds. The Bertz CT molecular complexity index is 771. The van der Waals surface area contributed by atoms with Crippen LogP contribution in [-0.2, 0) is 28.7 Å². The number of benzene rings is 1. The topological polar surface area (TPSA) is 105 Å². The molecular formula is C21H29N3O6. The number of rotatable bonds is 6. The third-order valence-electron chi connectivity index (χ3n) is 5.32. The first kappa shape index (κ1) is 23.3. The van der Waals surface area contributed by atoms with Gasteiger partial charge in [-0.25, -0.2) is 0 Å². The normalized spacial score (nSPS) is 16.3. The molecular weight excluding hydrogens is 390 g/mol. The number of ether oxygens (including phenoxy) is 2. The van der Waals surface area contributed by atoms with Crippen LogP contribution in [0.1, 0.15) is 31.7 Å². The van der Waals surface area contributed by atoms with Crippen LogP contribution in [0.2, 0.25) is 0 Å². The minimum absolute atomic E-state index is 0.292. The lowest BCUT2D eigenvalue weighted by atomic mass is 10.0. The second-order valence-corrected chi connectivity index (χ2v) is 7.10. The summed E-state index contributed by atoms with van der Waals surface area (Å²) < 4.78 is 9.55. The van der Waals surface area contributed by atoms with Gasteiger partial charge in [0.15, 0.2) is 0 Å². The smallest absolute Gasteiger partial charge is 0.323 e. The van der Waals surface area contributed by atoms with Gasteiger partial charge in [-0.15, -0.1) is 0 Å². The largest absolute Gasteiger partial charge is 0.469 e. The van der Waals surface area contributed by atoms with Crippen molar-refractivity contribution in [1.29, 1.82) is 0 Å². The summed E-state index contributed by atoms with van der Waals surface area (Å²) in [5, 5.41) is 2.59. The Kier molecular flexibility index (Phi) is 8.35. The Morgan fingerprint density at radius 1 is 0.967 bits per heavy atom. The number of anilines is 1. The van der Waals surface area contributed by atoms with E-state index in [1.165, 1.54) is 19.1 Å². The average molecular weight is 419 g/mol. The maximum Gasteiger partial charge on any atom is 0.323 e. The fourth-order valence-corrected chi connectivity index (χ4v) is 3.44. The molecule has 1 aromatic carbocycles. The molecule has 0 saturated carbocycles. The van der Waals surface area contributed by atoms with Crippen molar-refractivity contribution in [2.24, 2.45) is 0 Å². The van der Waals surface area contributed by atoms with E-state index in [1.54, 1.807) is 31.2 Å². The number of amides is 2. The zero-order valence-electron chi connectivity index (χ0n) is 17.8. The molecule has 2 rings (SSSR count). The van der Waals surface area contributed by atoms with Gasteiger partial charge in [0.1, 0.15) is 6.04 Å². The van der Waals surface area contributed by atoms with Crippen LogP contribution in [0.15, 0.2) is 24.3 Å². The maximum atomic E-state index is 12.5. The van der Waals surface area contributed by atoms with E-state index < -0.39 is 17.7 Å². The van der Waals surface area contributed by atoms with Crippen molar-refractivity contribution >= 4 is 29.4 Å². The lowest BCUT2D eigenvalue weighted by molar-refractivity contribution is -0.150. The summed E-state index contributed by atoms with van der Waals surface area (Å²) in [5.41, 5.74) is 1.21. The van der Waals surface area contributed by atoms with E-state index in [0.717, 1.165) is 5.56 Å². The van der Waals surface area contributed by atoms with Crippen LogP contribution in [0.25, 0.3) is 0 Å². The molecule has 0 aliphatic carbocycles. The van der Waals surface area contributed by atoms with Crippen molar-refractivity contribution in [2.75, 3.05) is 45.7 Å². The predicted octanol–water partition coefficient (Wildman–Crippen LogP) is 0.997. The highest BCUT2D eigenvalue weighted by atomic mass is 16.5. The van der Waals surface area contributed by atoms with Crippen molar-refractivity contribution < 1.29 is 28.7 Å². The van der Waals surface area contributed by atoms with Crippen molar-refractivity contribution in [1.82, 2.24) is 9.80 Å². The molecule has 1 aliphatic rings. The highest BCUT2D eigenvalue weighted by Gasteiger charge is 2.31. The summed E-state index contributed by atoms with van der Waals surface area (Å²) >= 11 is 0. The molecule has 1 aromatic rings. The van der Waals surface area contributed by atoms with Crippen LogP contribution in [0, 0.1) is 0 Å². The number of methoxy groups -OCH3 is 2. The van der Waals surface area contributed by atoms with Gasteiger partial charge < -0.3 is 19.7 Å². The lowest BCUT2D eigenvalue weighted by Gasteiger charge is -2.37. The third-order valence-corrected chi connectivity index (χ3v) is 5.32. The van der Waals surface area contributed by atoms with E-state index in [2.05, 4.69) is 5.32 Å². The van der Waals surface area contributed by atoms with E-state index in [4.69, 9.17) is 9.47 Å². The summed E-state index contributed by atoms with van der Waals surface area (Å²) in [7, 11) is 2.69. The number of hydrogen-bond donors (Lipinski definition) is 1. The fourth-order valence-electron chi connectivity index (χ4n) is 3.44. The molecule has 164 valence electrons. The van der Waals surface area contributed by atoms with Gasteiger partial charge in [-0.2, -0.15) is 0 Å². The Morgan fingerprint density at radius 2 is 1.53 bits per heavy atom. The van der Waals surface area contributed by atoms with Crippen molar-refractivity contribution in [2.45, 2.75) is 32.2 Å². The number of nitrogens with zero attached hydrogens (tertiary/aromatic N) is 2. The van der Waals surface area contributed by atoms with Crippen LogP contribution < -0.4 is 5.32 Å². The number of carbonyl (C=O) groups is 4. The van der Waals surface area contributed by atoms with E-state index in [1.807, 2.05) is 11.8 Å². The van der Waals surface area contributed by atoms with Crippen LogP contribution in [0.4, 0.5) is 5.69 Å². The van der Waals surface area contributed by atoms with E-state index >= 15 is 0 Å². The summed E-state index contributed by atoms with van der Waals surface area (Å²) in [5.74, 6) is -2.40. The lowest BCUT2D eigenvalue weighted by Crippen LogP contribution is -2.55. The number of carbonyl (C=O) groups excluding carboxylic acids is 4. The Labute approximate surface area is 176 Å². The molecule has 9 heteroatoms. The standard InChI is InChI=1S/C21H29N3O6/c1-5-17(21(28)30-4)23-10-12-24(13-11-23)19(26)18(25)22-16-8-6-15(7-9-16)14(2)20(27)29-3/h6-9,14,17H,5,10-13H2,1-4H3,(H,22,25). The number of esters is 2. The van der Waals surface area contributed by atoms with Gasteiger partial charge >= 0.3 is 23.8 Å². The number of nitrogens with one attached hydrogen (secondary N) is 1. The maximum absolute atomic E-state index is 12.5. The zero-order valence-corrected chi connectivity index (χ0v) is 17.8. The van der Waals surface area contributed by atoms with Crippen LogP contribution >= 0.6 is 0 Å². The second-order valence-electron chi connectivity index (χ2n) is 7.10. The number of piperazine rings is 1. The van der Waals surface area contributed by atoms with E-state index in [9.17, 15) is 19.2 Å². The minimum Gasteiger partial charge on any atom is -0.469 e. The summed E-state index contributed by atoms with van der Waals surface area (Å²) in [6, 6.07) is 6.35. The highest BCUT2D eigenvalue weighted by molar-refractivity contribution is 6.39. The Morgan fingerprint density at radius 3 is 2.03 bits per heavy atom. The minimum atomic E-state index is -0.725. The van der Waals surface area contributed by atoms with Gasteiger partial charge in [0.25, 0.3) is 0 Å². The van der Waals surface area contributed by atoms with E-state index in [-0.39, 0.29) is 18.0 Å². The van der Waals surface area contributed by atoms with Gasteiger partial charge in [0.05, 0.1) is 20.1 Å². The first-order chi connectivity index (χ1) is 14.3. The molecule has 0 spiro atoms. The van der Waals surface area contributed by atoms with Crippen LogP contribution in [0.5, 0.6) is 0 Å². The predicted molar refractivity (Wildman–Crippen MR) is 110 cm³/mol. The van der Waals surface area contributed by atoms with Crippen molar-refractivity contribution in [3.63, 3.8) is 0 Å². The molecule has 2 unspecified atom stereocenters. The number of hydrogen-bond acceptors (Lipinski definition) is 7. The molecule has 1 fully saturated rings. The molecule has 9 nitrogen and oxygen atoms in total. The summed E-state index contributed by atoms with van der Waals surface area (Å²) in [6.45, 7) is 5.33. The van der Waals surface area contributed by atoms with Gasteiger partial charge in [-0.1, -0.05) is 19.1 Å². The SMILES string of the molecule is CCC(C(=O)OC)N1CCN(C(=O)C(=O)Nc2ccc(C(C)C(=O)OC)cc2)CC1. The molecule has 1 saturated heterocycles. The van der Waals surface area contributed by atoms with Crippen LogP contribution in [0.3, 0.4) is 0 Å². The monoisotopic (exact) mass is 419 g/mol. The summed E-state index contributed by atoms with van der Waals surface area (Å²) in [6.07, 6.45) is 0.617. The highest BCUT2D eigenvalue weighted by Crippen LogP contribution is 2.19. The van der Waals surface area contributed by atoms with Crippen molar-refractivity contribution in [3.8, 4) is 0 Å². The molecule has 0 aromatic heterocycles. The molecule has 30 heavy (non-hydrogen) atoms. The Balaban J connectivity index is 1.90. The first-order valence-electron chi connectivity index (χ1n) is 9.92. The third kappa shape index (κ3) is 5.56. The molecule has 0 bridgehead atoms. The molecule has 1 aliphatic heterocycles. The van der Waals surface area contributed by atoms with Gasteiger partial charge in [-0.05, 0) is 31.0 Å². The van der Waals surface area contributed by atoms with E-state index in [0.29, 0.717) is 38.3 Å². The average Bonchev–Trinajstić information content (AvgIpc) is 2.78. The molecule has 0 radical (unpaired) electrons. The quantitative estimate of drug-likeness (QED) is 0.542. The first-order valence-corrected chi connectivity index (χ1v) is 9.92. The van der Waals surface area contributed by atoms with Crippen LogP contribution in [-0.4, -0.2) is 80.0 Å². The fraction of sp³-hybridized carbons (Fsp3) is 0.524. The molecule has 2 atom stereocenters. The zero-order chi connectivity index (χ0) is 22.3. The van der Waals surface area contributed by atoms with Gasteiger partial charge in [0, 0.05) is 31.9 Å². The van der Waals surface area contributed by atoms with Gasteiger partial charge in [-0.3, -0.25) is 24.1 Å². The molecule has 1 heterocycles. The second kappa shape index (κ2) is 10.7.